The van der Waals surface area contributed by atoms with Gasteiger partial charge in [-0.2, -0.15) is 0 Å². The molecule has 3 N–H and O–H groups in total. The van der Waals surface area contributed by atoms with Crippen LogP contribution in [0.4, 0.5) is 0 Å². The van der Waals surface area contributed by atoms with Gasteiger partial charge in [-0.05, 0) is 30.2 Å². The van der Waals surface area contributed by atoms with Crippen LogP contribution in [0.15, 0.2) is 17.5 Å². The van der Waals surface area contributed by atoms with E-state index in [1.165, 1.54) is 11.3 Å². The topological polar surface area (TPSA) is 87.3 Å². The maximum atomic E-state index is 12.2. The first-order chi connectivity index (χ1) is 10.5. The van der Waals surface area contributed by atoms with E-state index in [0.29, 0.717) is 4.88 Å². The molecule has 0 spiro atoms. The monoisotopic (exact) mass is 323 g/mol. The van der Waals surface area contributed by atoms with Crippen molar-refractivity contribution in [2.45, 2.75) is 38.8 Å². The van der Waals surface area contributed by atoms with Gasteiger partial charge in [0.15, 0.2) is 0 Å². The molecule has 1 aliphatic rings. The third-order valence-corrected chi connectivity index (χ3v) is 4.21. The summed E-state index contributed by atoms with van der Waals surface area (Å²) in [6.45, 7) is 3.64. The van der Waals surface area contributed by atoms with Crippen molar-refractivity contribution in [1.82, 2.24) is 16.0 Å². The van der Waals surface area contributed by atoms with Gasteiger partial charge in [-0.1, -0.05) is 19.9 Å². The Labute approximate surface area is 133 Å². The molecule has 0 bridgehead atoms. The van der Waals surface area contributed by atoms with E-state index in [1.54, 1.807) is 12.1 Å². The van der Waals surface area contributed by atoms with Crippen molar-refractivity contribution in [3.63, 3.8) is 0 Å². The summed E-state index contributed by atoms with van der Waals surface area (Å²) in [6, 6.07) is 3.09. The zero-order valence-electron chi connectivity index (χ0n) is 12.7. The number of hydrogen-bond donors (Lipinski definition) is 3. The van der Waals surface area contributed by atoms with Gasteiger partial charge in [0, 0.05) is 6.04 Å². The molecule has 2 rings (SSSR count). The summed E-state index contributed by atoms with van der Waals surface area (Å²) < 4.78 is 0. The molecule has 22 heavy (non-hydrogen) atoms. The number of amides is 3. The molecule has 1 saturated carbocycles. The second-order valence-corrected chi connectivity index (χ2v) is 6.68. The molecular weight excluding hydrogens is 302 g/mol. The zero-order chi connectivity index (χ0) is 16.1. The van der Waals surface area contributed by atoms with Crippen LogP contribution in [0.3, 0.4) is 0 Å². The Morgan fingerprint density at radius 2 is 2.05 bits per heavy atom. The molecule has 0 saturated heterocycles. The Bertz CT molecular complexity index is 538. The molecule has 1 aromatic heterocycles. The molecule has 0 aliphatic heterocycles. The fraction of sp³-hybridized carbons (Fsp3) is 0.533. The molecule has 0 radical (unpaired) electrons. The van der Waals surface area contributed by atoms with E-state index in [9.17, 15) is 14.4 Å². The standard InChI is InChI=1S/C15H21N3O3S/c1-9(2)13(18-14(20)11-4-3-7-22-11)15(21)16-8-12(19)17-10-5-6-10/h3-4,7,9-10,13H,5-6,8H2,1-2H3,(H,16,21)(H,17,19)(H,18,20). The predicted octanol–water partition coefficient (Wildman–Crippen LogP) is 0.897. The van der Waals surface area contributed by atoms with Crippen LogP contribution >= 0.6 is 11.3 Å². The lowest BCUT2D eigenvalue weighted by Crippen LogP contribution is -2.51. The predicted molar refractivity (Wildman–Crippen MR) is 84.6 cm³/mol. The number of carbonyl (C=O) groups excluding carboxylic acids is 3. The van der Waals surface area contributed by atoms with Gasteiger partial charge >= 0.3 is 0 Å². The summed E-state index contributed by atoms with van der Waals surface area (Å²) in [4.78, 5) is 36.4. The Morgan fingerprint density at radius 3 is 2.59 bits per heavy atom. The molecule has 120 valence electrons. The van der Waals surface area contributed by atoms with Gasteiger partial charge in [-0.25, -0.2) is 0 Å². The van der Waals surface area contributed by atoms with E-state index in [0.717, 1.165) is 12.8 Å². The first-order valence-electron chi connectivity index (χ1n) is 7.39. The van der Waals surface area contributed by atoms with Crippen LogP contribution in [-0.2, 0) is 9.59 Å². The van der Waals surface area contributed by atoms with Crippen LogP contribution in [0.25, 0.3) is 0 Å². The largest absolute Gasteiger partial charge is 0.352 e. The lowest BCUT2D eigenvalue weighted by Gasteiger charge is -2.21. The Balaban J connectivity index is 1.84. The summed E-state index contributed by atoms with van der Waals surface area (Å²) >= 11 is 1.32. The summed E-state index contributed by atoms with van der Waals surface area (Å²) in [5.41, 5.74) is 0. The Morgan fingerprint density at radius 1 is 1.32 bits per heavy atom. The maximum Gasteiger partial charge on any atom is 0.262 e. The fourth-order valence-electron chi connectivity index (χ4n) is 1.94. The van der Waals surface area contributed by atoms with Crippen molar-refractivity contribution in [1.29, 1.82) is 0 Å². The maximum absolute atomic E-state index is 12.2. The number of nitrogens with one attached hydrogen (secondary N) is 3. The van der Waals surface area contributed by atoms with E-state index in [4.69, 9.17) is 0 Å². The lowest BCUT2D eigenvalue weighted by atomic mass is 10.0. The van der Waals surface area contributed by atoms with E-state index in [-0.39, 0.29) is 36.2 Å². The van der Waals surface area contributed by atoms with Crippen LogP contribution in [0.2, 0.25) is 0 Å². The van der Waals surface area contributed by atoms with Gasteiger partial charge in [-0.3, -0.25) is 14.4 Å². The third-order valence-electron chi connectivity index (χ3n) is 3.35. The van der Waals surface area contributed by atoms with Crippen LogP contribution in [-0.4, -0.2) is 36.3 Å². The highest BCUT2D eigenvalue weighted by Crippen LogP contribution is 2.18. The number of carbonyl (C=O) groups is 3. The van der Waals surface area contributed by atoms with Gasteiger partial charge in [0.05, 0.1) is 11.4 Å². The molecule has 1 fully saturated rings. The molecular formula is C15H21N3O3S. The number of rotatable bonds is 7. The van der Waals surface area contributed by atoms with Crippen molar-refractivity contribution >= 4 is 29.1 Å². The Kier molecular flexibility index (Phi) is 5.54. The molecule has 1 heterocycles. The quantitative estimate of drug-likeness (QED) is 0.696. The second-order valence-electron chi connectivity index (χ2n) is 5.73. The van der Waals surface area contributed by atoms with Crippen LogP contribution < -0.4 is 16.0 Å². The minimum absolute atomic E-state index is 0.0621. The van der Waals surface area contributed by atoms with E-state index in [2.05, 4.69) is 16.0 Å². The van der Waals surface area contributed by atoms with E-state index < -0.39 is 6.04 Å². The summed E-state index contributed by atoms with van der Waals surface area (Å²) in [6.07, 6.45) is 2.01. The molecule has 1 aromatic rings. The normalized spacial score (nSPS) is 15.2. The average molecular weight is 323 g/mol. The number of hydrogen-bond acceptors (Lipinski definition) is 4. The van der Waals surface area contributed by atoms with E-state index in [1.807, 2.05) is 19.2 Å². The molecule has 1 unspecified atom stereocenters. The molecule has 0 aromatic carbocycles. The lowest BCUT2D eigenvalue weighted by molar-refractivity contribution is -0.127. The SMILES string of the molecule is CC(C)C(NC(=O)c1cccs1)C(=O)NCC(=O)NC1CC1. The molecule has 7 heteroatoms. The van der Waals surface area contributed by atoms with Gasteiger partial charge in [0.2, 0.25) is 11.8 Å². The van der Waals surface area contributed by atoms with Crippen LogP contribution in [0, 0.1) is 5.92 Å². The first-order valence-corrected chi connectivity index (χ1v) is 8.26. The number of thiophene rings is 1. The van der Waals surface area contributed by atoms with E-state index >= 15 is 0 Å². The van der Waals surface area contributed by atoms with Crippen molar-refractivity contribution in [3.8, 4) is 0 Å². The summed E-state index contributed by atoms with van der Waals surface area (Å²) in [5.74, 6) is -0.879. The van der Waals surface area contributed by atoms with Crippen molar-refractivity contribution in [3.05, 3.63) is 22.4 Å². The fourth-order valence-corrected chi connectivity index (χ4v) is 2.57. The minimum Gasteiger partial charge on any atom is -0.352 e. The van der Waals surface area contributed by atoms with Crippen molar-refractivity contribution in [2.75, 3.05) is 6.54 Å². The highest BCUT2D eigenvalue weighted by Gasteiger charge is 2.26. The van der Waals surface area contributed by atoms with Gasteiger partial charge in [0.1, 0.15) is 6.04 Å². The molecule has 6 nitrogen and oxygen atoms in total. The molecule has 1 aliphatic carbocycles. The Hall–Kier alpha value is -1.89. The third kappa shape index (κ3) is 4.84. The van der Waals surface area contributed by atoms with Gasteiger partial charge in [0.25, 0.3) is 5.91 Å². The molecule has 1 atom stereocenters. The van der Waals surface area contributed by atoms with Crippen LogP contribution in [0.5, 0.6) is 0 Å². The highest BCUT2D eigenvalue weighted by molar-refractivity contribution is 7.12. The smallest absolute Gasteiger partial charge is 0.262 e. The first kappa shape index (κ1) is 16.5. The van der Waals surface area contributed by atoms with Crippen molar-refractivity contribution < 1.29 is 14.4 Å². The summed E-state index contributed by atoms with van der Waals surface area (Å²) in [7, 11) is 0. The summed E-state index contributed by atoms with van der Waals surface area (Å²) in [5, 5.41) is 9.92. The van der Waals surface area contributed by atoms with Gasteiger partial charge in [-0.15, -0.1) is 11.3 Å². The minimum atomic E-state index is -0.664. The highest BCUT2D eigenvalue weighted by atomic mass is 32.1. The molecule has 3 amide bonds. The second kappa shape index (κ2) is 7.40. The average Bonchev–Trinajstić information content (AvgIpc) is 3.10. The zero-order valence-corrected chi connectivity index (χ0v) is 13.5. The van der Waals surface area contributed by atoms with Crippen LogP contribution in [0.1, 0.15) is 36.4 Å². The van der Waals surface area contributed by atoms with Crippen molar-refractivity contribution in [2.24, 2.45) is 5.92 Å². The van der Waals surface area contributed by atoms with Gasteiger partial charge < -0.3 is 16.0 Å².